The van der Waals surface area contributed by atoms with Gasteiger partial charge in [-0.25, -0.2) is 18.5 Å². The molecule has 2 atom stereocenters. The summed E-state index contributed by atoms with van der Waals surface area (Å²) in [5.41, 5.74) is 8.67. The molecule has 0 bridgehead atoms. The second-order valence-corrected chi connectivity index (χ2v) is 21.4. The molecular formula is C66H66F2N10O7. The summed E-state index contributed by atoms with van der Waals surface area (Å²) in [5, 5.41) is 4.81. The van der Waals surface area contributed by atoms with Gasteiger partial charge in [0.2, 0.25) is 17.7 Å². The van der Waals surface area contributed by atoms with Crippen LogP contribution < -0.4 is 29.9 Å². The number of ether oxygens (including phenoxy) is 2. The van der Waals surface area contributed by atoms with Gasteiger partial charge in [0, 0.05) is 99.8 Å². The van der Waals surface area contributed by atoms with Crippen molar-refractivity contribution in [1.29, 1.82) is 0 Å². The number of hydrogen-bond donors (Lipinski definition) is 2. The Bertz CT molecular complexity index is 3510. The van der Waals surface area contributed by atoms with Gasteiger partial charge in [0.15, 0.2) is 11.4 Å². The molecule has 4 saturated heterocycles. The van der Waals surface area contributed by atoms with Crippen molar-refractivity contribution in [3.05, 3.63) is 213 Å². The summed E-state index contributed by atoms with van der Waals surface area (Å²) in [7, 11) is 0. The van der Waals surface area contributed by atoms with Gasteiger partial charge >= 0.3 is 0 Å². The lowest BCUT2D eigenvalue weighted by molar-refractivity contribution is -0.137. The van der Waals surface area contributed by atoms with Gasteiger partial charge in [0.25, 0.3) is 11.8 Å². The third-order valence-electron chi connectivity index (χ3n) is 16.0. The Morgan fingerprint density at radius 3 is 1.36 bits per heavy atom. The second-order valence-electron chi connectivity index (χ2n) is 21.4. The van der Waals surface area contributed by atoms with Crippen LogP contribution in [0.2, 0.25) is 0 Å². The van der Waals surface area contributed by atoms with E-state index < -0.39 is 35.7 Å². The van der Waals surface area contributed by atoms with Crippen LogP contribution in [0.25, 0.3) is 9.69 Å². The Kier molecular flexibility index (Phi) is 17.2. The maximum atomic E-state index is 14.4. The monoisotopic (exact) mass is 1150 g/mol. The van der Waals surface area contributed by atoms with Crippen LogP contribution in [0.15, 0.2) is 134 Å². The Hall–Kier alpha value is -9.43. The lowest BCUT2D eigenvalue weighted by Crippen LogP contribution is -2.52. The number of benzene rings is 6. The standard InChI is InChI=1S/C33H32FN5O3.C32H30FN5O4.CH4/c1-22-6-12-30(32(40)36-22)39-20-27-26(33(39)41)4-3-5-31(27)42-21-24-9-7-23(8-10-24)19-37-14-16-38(17-15-37)29-13-11-25(35-2)18-28(29)34;1-34-23-9-10-27(26(33)17-23)37-15-13-36(14-16-37)18-21-5-7-22(8-6-21)20-42-29-4-2-3-24-25(29)19-38(32(24)41)28-11-12-30(39)35-31(28)40;/h3-5,7-11,13,18,30H,1,6,12,14-17,19-21H2,(H,36,40);2-10,17,28H,11-16,18-20H2,(H,35,39,40);1H4/t30-;28-;/m00./s1/i30D;28D;. The highest BCUT2D eigenvalue weighted by molar-refractivity contribution is 6.06. The lowest BCUT2D eigenvalue weighted by Gasteiger charge is -2.36. The van der Waals surface area contributed by atoms with E-state index in [4.69, 9.17) is 25.4 Å². The van der Waals surface area contributed by atoms with Crippen LogP contribution in [0.1, 0.15) is 89.9 Å². The molecule has 0 radical (unpaired) electrons. The number of piperazine rings is 2. The Morgan fingerprint density at radius 2 is 0.965 bits per heavy atom. The van der Waals surface area contributed by atoms with Gasteiger partial charge in [-0.1, -0.05) is 86.8 Å². The fourth-order valence-electron chi connectivity index (χ4n) is 11.4. The Labute approximate surface area is 496 Å². The number of halogens is 2. The number of imide groups is 1. The van der Waals surface area contributed by atoms with Crippen molar-refractivity contribution in [2.45, 2.75) is 84.5 Å². The van der Waals surface area contributed by atoms with Gasteiger partial charge in [-0.3, -0.25) is 39.1 Å². The summed E-state index contributed by atoms with van der Waals surface area (Å²) < 4.78 is 58.6. The number of rotatable bonds is 14. The molecule has 6 aliphatic heterocycles. The SMILES string of the molecule is C.[2H][C@]1(N2Cc3c(OCc4ccc(CN5CCN(c6ccc([N+]#[C-])cc6F)CC5)cc4)cccc3C2=O)CCC(=C)NC1=O.[2H][C@]1(N2Cc3c(OCc4ccc(CN5CCN(c6ccc([N+]#[C-])cc6F)CC5)cc4)cccc3C2=O)CCC(=O)NC1=O. The minimum atomic E-state index is -1.84. The largest absolute Gasteiger partial charge is 0.489 e. The smallest absolute Gasteiger partial charge is 0.255 e. The molecule has 0 spiro atoms. The molecule has 6 aliphatic rings. The van der Waals surface area contributed by atoms with Gasteiger partial charge < -0.3 is 34.4 Å². The average molecular weight is 1150 g/mol. The molecule has 6 aromatic carbocycles. The van der Waals surface area contributed by atoms with Crippen molar-refractivity contribution in [3.8, 4) is 11.5 Å². The molecule has 85 heavy (non-hydrogen) atoms. The minimum Gasteiger partial charge on any atom is -0.489 e. The molecule has 0 aliphatic carbocycles. The number of allylic oxidation sites excluding steroid dienone is 1. The molecule has 436 valence electrons. The van der Waals surface area contributed by atoms with Crippen LogP contribution >= 0.6 is 0 Å². The molecule has 19 heteroatoms. The third kappa shape index (κ3) is 13.2. The van der Waals surface area contributed by atoms with Crippen LogP contribution in [0.4, 0.5) is 31.5 Å². The topological polar surface area (TPSA) is 156 Å². The average Bonchev–Trinajstić information content (AvgIpc) is 1.78. The van der Waals surface area contributed by atoms with E-state index in [1.54, 1.807) is 54.6 Å². The van der Waals surface area contributed by atoms with Gasteiger partial charge in [0.05, 0.1) is 40.4 Å². The first-order valence-electron chi connectivity index (χ1n) is 28.9. The highest BCUT2D eigenvalue weighted by Crippen LogP contribution is 2.37. The summed E-state index contributed by atoms with van der Waals surface area (Å²) in [6.45, 7) is 26.2. The van der Waals surface area contributed by atoms with Crippen molar-refractivity contribution in [2.24, 2.45) is 0 Å². The molecule has 4 fully saturated rings. The van der Waals surface area contributed by atoms with Gasteiger partial charge in [-0.2, -0.15) is 0 Å². The zero-order valence-corrected chi connectivity index (χ0v) is 46.2. The number of amides is 5. The summed E-state index contributed by atoms with van der Waals surface area (Å²) in [5.74, 6) is -2.14. The first-order valence-corrected chi connectivity index (χ1v) is 27.9. The van der Waals surface area contributed by atoms with Crippen LogP contribution in [-0.4, -0.2) is 114 Å². The fourth-order valence-corrected chi connectivity index (χ4v) is 11.4. The van der Waals surface area contributed by atoms with E-state index >= 15 is 0 Å². The van der Waals surface area contributed by atoms with Gasteiger partial charge in [-0.05, 0) is 90.0 Å². The molecule has 2 N–H and O–H groups in total. The fraction of sp³-hybridized carbons (Fsp3) is 0.318. The molecule has 0 aromatic heterocycles. The minimum absolute atomic E-state index is 0. The van der Waals surface area contributed by atoms with Crippen LogP contribution in [0, 0.1) is 24.8 Å². The van der Waals surface area contributed by atoms with E-state index in [9.17, 15) is 32.8 Å². The molecule has 5 amide bonds. The normalized spacial score (nSPS) is 20.8. The van der Waals surface area contributed by atoms with Gasteiger partial charge in [0.1, 0.15) is 48.4 Å². The number of piperidine rings is 2. The number of carbonyl (C=O) groups is 5. The Balaban J connectivity index is 0.000000190. The number of hydrogen-bond acceptors (Lipinski definition) is 11. The van der Waals surface area contributed by atoms with Crippen LogP contribution in [0.5, 0.6) is 11.5 Å². The van der Waals surface area contributed by atoms with E-state index in [1.807, 2.05) is 40.1 Å². The summed E-state index contributed by atoms with van der Waals surface area (Å²) >= 11 is 0. The van der Waals surface area contributed by atoms with Crippen molar-refractivity contribution < 1.29 is 45.0 Å². The molecule has 0 unspecified atom stereocenters. The van der Waals surface area contributed by atoms with Crippen molar-refractivity contribution >= 4 is 52.3 Å². The van der Waals surface area contributed by atoms with Crippen LogP contribution in [0.3, 0.4) is 0 Å². The highest BCUT2D eigenvalue weighted by Gasteiger charge is 2.41. The lowest BCUT2D eigenvalue weighted by atomic mass is 10.0. The number of fused-ring (bicyclic) bond motifs is 2. The molecule has 12 rings (SSSR count). The second kappa shape index (κ2) is 26.0. The quantitative estimate of drug-likeness (QED) is 0.0791. The van der Waals surface area contributed by atoms with Gasteiger partial charge in [-0.15, -0.1) is 0 Å². The maximum absolute atomic E-state index is 14.4. The highest BCUT2D eigenvalue weighted by atomic mass is 19.1. The predicted molar refractivity (Wildman–Crippen MR) is 318 cm³/mol. The predicted octanol–water partition coefficient (Wildman–Crippen LogP) is 9.70. The summed E-state index contributed by atoms with van der Waals surface area (Å²) in [6, 6.07) is 32.5. The summed E-state index contributed by atoms with van der Waals surface area (Å²) in [6.07, 6.45) is 0.604. The van der Waals surface area contributed by atoms with E-state index in [-0.39, 0.29) is 63.9 Å². The first kappa shape index (κ1) is 56.1. The van der Waals surface area contributed by atoms with E-state index in [0.717, 1.165) is 56.0 Å². The number of anilines is 2. The number of nitrogens with one attached hydrogen (secondary N) is 2. The molecule has 6 heterocycles. The van der Waals surface area contributed by atoms with E-state index in [0.29, 0.717) is 101 Å². The molecule has 17 nitrogen and oxygen atoms in total. The molecule has 0 saturated carbocycles. The first-order chi connectivity index (χ1) is 41.5. The van der Waals surface area contributed by atoms with Crippen molar-refractivity contribution in [1.82, 2.24) is 30.2 Å². The van der Waals surface area contributed by atoms with Crippen molar-refractivity contribution in [2.75, 3.05) is 62.2 Å². The molecular weight excluding hydrogens is 1080 g/mol. The van der Waals surface area contributed by atoms with E-state index in [2.05, 4.69) is 61.0 Å². The molecule has 6 aromatic rings. The zero-order chi connectivity index (χ0) is 60.3. The van der Waals surface area contributed by atoms with E-state index in [1.165, 1.54) is 27.5 Å². The maximum Gasteiger partial charge on any atom is 0.255 e. The van der Waals surface area contributed by atoms with Crippen molar-refractivity contribution in [3.63, 3.8) is 0 Å². The number of carbonyl (C=O) groups excluding carboxylic acids is 5. The van der Waals surface area contributed by atoms with Crippen LogP contribution in [-0.2, 0) is 53.8 Å². The zero-order valence-electron chi connectivity index (χ0n) is 48.2. The number of nitrogens with zero attached hydrogens (tertiary/aromatic N) is 8. The Morgan fingerprint density at radius 1 is 0.553 bits per heavy atom. The third-order valence-corrected chi connectivity index (χ3v) is 16.0. The summed E-state index contributed by atoms with van der Waals surface area (Å²) in [4.78, 5) is 80.9.